The van der Waals surface area contributed by atoms with E-state index in [1.54, 1.807) is 11.8 Å². The minimum absolute atomic E-state index is 0.108. The van der Waals surface area contributed by atoms with Crippen LogP contribution < -0.4 is 4.74 Å². The third-order valence-corrected chi connectivity index (χ3v) is 3.87. The first kappa shape index (κ1) is 15.2. The maximum atomic E-state index is 8.87. The molecule has 4 nitrogen and oxygen atoms in total. The molecule has 0 aromatic carbocycles. The summed E-state index contributed by atoms with van der Waals surface area (Å²) in [6.45, 7) is 9.24. The Hall–Kier alpha value is -1.20. The van der Waals surface area contributed by atoms with Gasteiger partial charge in [-0.2, -0.15) is 0 Å². The molecule has 0 aliphatic heterocycles. The summed E-state index contributed by atoms with van der Waals surface area (Å²) in [6.07, 6.45) is 4.58. The van der Waals surface area contributed by atoms with Gasteiger partial charge in [0.25, 0.3) is 0 Å². The largest absolute Gasteiger partial charge is 0.492 e. The van der Waals surface area contributed by atoms with Crippen molar-refractivity contribution in [1.29, 1.82) is 0 Å². The highest BCUT2D eigenvalue weighted by Gasteiger charge is 2.17. The number of ether oxygens (including phenoxy) is 1. The number of aliphatic hydroxyl groups is 1. The van der Waals surface area contributed by atoms with E-state index in [2.05, 4.69) is 36.4 Å². The molecular weight excluding hydrogens is 272 g/mol. The van der Waals surface area contributed by atoms with Crippen LogP contribution in [0, 0.1) is 6.92 Å². The molecule has 0 radical (unpaired) electrons. The van der Waals surface area contributed by atoms with E-state index < -0.39 is 0 Å². The fraction of sp³-hybridized carbons (Fsp3) is 0.533. The third kappa shape index (κ3) is 3.67. The fourth-order valence-electron chi connectivity index (χ4n) is 1.87. The summed E-state index contributed by atoms with van der Waals surface area (Å²) >= 11 is 1.78. The lowest BCUT2D eigenvalue weighted by atomic mass is 10.3. The van der Waals surface area contributed by atoms with Crippen LogP contribution in [0.5, 0.6) is 5.75 Å². The van der Waals surface area contributed by atoms with Crippen LogP contribution in [-0.4, -0.2) is 32.5 Å². The Morgan fingerprint density at radius 2 is 2.15 bits per heavy atom. The van der Waals surface area contributed by atoms with E-state index >= 15 is 0 Å². The lowest BCUT2D eigenvalue weighted by molar-refractivity contribution is 0.231. The number of aromatic nitrogens is 2. The molecule has 0 saturated carbocycles. The van der Waals surface area contributed by atoms with Crippen molar-refractivity contribution >= 4 is 17.4 Å². The highest BCUT2D eigenvalue weighted by Crippen LogP contribution is 2.38. The maximum Gasteiger partial charge on any atom is 0.140 e. The van der Waals surface area contributed by atoms with Gasteiger partial charge in [0.1, 0.15) is 11.4 Å². The molecule has 0 saturated heterocycles. The fourth-order valence-corrected chi connectivity index (χ4v) is 2.91. The molecule has 0 bridgehead atoms. The molecule has 2 aromatic rings. The second-order valence-electron chi connectivity index (χ2n) is 5.77. The molecule has 110 valence electrons. The molecule has 2 rings (SSSR count). The molecule has 0 atom stereocenters. The number of imidazole rings is 1. The molecule has 0 amide bonds. The van der Waals surface area contributed by atoms with Crippen LogP contribution in [-0.2, 0) is 0 Å². The van der Waals surface area contributed by atoms with Gasteiger partial charge in [0.15, 0.2) is 0 Å². The van der Waals surface area contributed by atoms with Gasteiger partial charge in [-0.05, 0) is 6.92 Å². The Morgan fingerprint density at radius 3 is 2.80 bits per heavy atom. The number of fused-ring (bicyclic) bond motifs is 1. The van der Waals surface area contributed by atoms with E-state index in [4.69, 9.17) is 9.84 Å². The van der Waals surface area contributed by atoms with Gasteiger partial charge in [-0.3, -0.25) is 0 Å². The highest BCUT2D eigenvalue weighted by molar-refractivity contribution is 8.00. The summed E-state index contributed by atoms with van der Waals surface area (Å²) in [6, 6.07) is 1.97. The number of aliphatic hydroxyl groups excluding tert-OH is 1. The number of rotatable bonds is 5. The number of aryl methyl sites for hydroxylation is 1. The lowest BCUT2D eigenvalue weighted by Crippen LogP contribution is -2.09. The minimum Gasteiger partial charge on any atom is -0.492 e. The normalized spacial score (nSPS) is 12.1. The first-order chi connectivity index (χ1) is 9.40. The number of thioether (sulfide) groups is 1. The Balaban J connectivity index is 2.37. The molecule has 2 aromatic heterocycles. The van der Waals surface area contributed by atoms with Gasteiger partial charge >= 0.3 is 0 Å². The number of nitrogens with zero attached hydrogens (tertiary/aromatic N) is 2. The van der Waals surface area contributed by atoms with Crippen molar-refractivity contribution in [2.45, 2.75) is 43.8 Å². The van der Waals surface area contributed by atoms with Crippen LogP contribution >= 0.6 is 11.8 Å². The molecule has 0 unspecified atom stereocenters. The lowest BCUT2D eigenvalue weighted by Gasteiger charge is -2.20. The summed E-state index contributed by atoms with van der Waals surface area (Å²) in [5.41, 5.74) is 2.00. The highest BCUT2D eigenvalue weighted by atomic mass is 32.2. The van der Waals surface area contributed by atoms with Gasteiger partial charge in [-0.1, -0.05) is 20.8 Å². The van der Waals surface area contributed by atoms with Crippen molar-refractivity contribution in [2.24, 2.45) is 0 Å². The quantitative estimate of drug-likeness (QED) is 0.679. The average molecular weight is 294 g/mol. The smallest absolute Gasteiger partial charge is 0.140 e. The second-order valence-corrected chi connectivity index (χ2v) is 7.64. The molecule has 0 aliphatic carbocycles. The van der Waals surface area contributed by atoms with Gasteiger partial charge in [0.2, 0.25) is 0 Å². The monoisotopic (exact) mass is 294 g/mol. The van der Waals surface area contributed by atoms with E-state index in [0.29, 0.717) is 13.0 Å². The molecule has 1 N–H and O–H groups in total. The standard InChI is InChI=1S/C15H22N2O2S/c1-11-9-16-14-8-12(19-7-5-6-18)13(10-17(11)14)20-15(2,3)4/h8-10,18H,5-7H2,1-4H3. The topological polar surface area (TPSA) is 46.8 Å². The van der Waals surface area contributed by atoms with Crippen molar-refractivity contribution in [1.82, 2.24) is 9.38 Å². The average Bonchev–Trinajstić information content (AvgIpc) is 2.69. The van der Waals surface area contributed by atoms with Gasteiger partial charge in [-0.15, -0.1) is 11.8 Å². The number of hydrogen-bond acceptors (Lipinski definition) is 4. The van der Waals surface area contributed by atoms with E-state index in [1.807, 2.05) is 19.2 Å². The third-order valence-electron chi connectivity index (χ3n) is 2.74. The van der Waals surface area contributed by atoms with Crippen LogP contribution in [0.3, 0.4) is 0 Å². The van der Waals surface area contributed by atoms with Crippen molar-refractivity contribution in [3.63, 3.8) is 0 Å². The predicted octanol–water partition coefficient (Wildman–Crippen LogP) is 3.29. The van der Waals surface area contributed by atoms with E-state index in [9.17, 15) is 0 Å². The maximum absolute atomic E-state index is 8.87. The van der Waals surface area contributed by atoms with Crippen LogP contribution in [0.2, 0.25) is 0 Å². The van der Waals surface area contributed by atoms with Gasteiger partial charge < -0.3 is 14.2 Å². The molecule has 5 heteroatoms. The SMILES string of the molecule is Cc1cnc2cc(OCCCO)c(SC(C)(C)C)cn12. The van der Waals surface area contributed by atoms with Crippen LogP contribution in [0.4, 0.5) is 0 Å². The first-order valence-electron chi connectivity index (χ1n) is 6.81. The van der Waals surface area contributed by atoms with Crippen molar-refractivity contribution in [3.05, 3.63) is 24.2 Å². The Bertz CT molecular complexity index is 587. The van der Waals surface area contributed by atoms with E-state index in [0.717, 1.165) is 22.0 Å². The minimum atomic E-state index is 0.108. The summed E-state index contributed by atoms with van der Waals surface area (Å²) in [5.74, 6) is 0.844. The molecular formula is C15H22N2O2S. The van der Waals surface area contributed by atoms with Crippen LogP contribution in [0.15, 0.2) is 23.4 Å². The zero-order chi connectivity index (χ0) is 14.8. The van der Waals surface area contributed by atoms with Crippen molar-refractivity contribution in [3.8, 4) is 5.75 Å². The Morgan fingerprint density at radius 1 is 1.40 bits per heavy atom. The summed E-state index contributed by atoms with van der Waals surface area (Å²) in [5, 5.41) is 8.87. The molecule has 0 spiro atoms. The molecule has 2 heterocycles. The molecule has 0 aliphatic rings. The summed E-state index contributed by atoms with van der Waals surface area (Å²) in [4.78, 5) is 5.47. The Labute approximate surface area is 124 Å². The van der Waals surface area contributed by atoms with Gasteiger partial charge in [0.05, 0.1) is 11.5 Å². The van der Waals surface area contributed by atoms with E-state index in [-0.39, 0.29) is 11.4 Å². The zero-order valence-electron chi connectivity index (χ0n) is 12.5. The van der Waals surface area contributed by atoms with Gasteiger partial charge in [0, 0.05) is 41.9 Å². The number of pyridine rings is 1. The molecule has 20 heavy (non-hydrogen) atoms. The van der Waals surface area contributed by atoms with Crippen molar-refractivity contribution in [2.75, 3.05) is 13.2 Å². The van der Waals surface area contributed by atoms with E-state index in [1.165, 1.54) is 0 Å². The first-order valence-corrected chi connectivity index (χ1v) is 7.63. The summed E-state index contributed by atoms with van der Waals surface area (Å²) < 4.78 is 7.99. The molecule has 0 fully saturated rings. The van der Waals surface area contributed by atoms with Crippen molar-refractivity contribution < 1.29 is 9.84 Å². The summed E-state index contributed by atoms with van der Waals surface area (Å²) in [7, 11) is 0. The second kappa shape index (κ2) is 6.06. The zero-order valence-corrected chi connectivity index (χ0v) is 13.3. The predicted molar refractivity (Wildman–Crippen MR) is 82.7 cm³/mol. The van der Waals surface area contributed by atoms with Gasteiger partial charge in [-0.25, -0.2) is 4.98 Å². The Kier molecular flexibility index (Phi) is 4.60. The van der Waals surface area contributed by atoms with Crippen LogP contribution in [0.25, 0.3) is 5.65 Å². The van der Waals surface area contributed by atoms with Crippen LogP contribution in [0.1, 0.15) is 32.9 Å². The number of hydrogen-bond donors (Lipinski definition) is 1.